The summed E-state index contributed by atoms with van der Waals surface area (Å²) < 4.78 is 13.4. The van der Waals surface area contributed by atoms with Gasteiger partial charge in [-0.05, 0) is 187 Å². The Labute approximate surface area is 245 Å². The molecular weight excluding hydrogens is 488 g/mol. The van der Waals surface area contributed by atoms with Crippen LogP contribution in [0.2, 0.25) is 0 Å². The number of ether oxygens (including phenoxy) is 2. The van der Waals surface area contributed by atoms with Crippen LogP contribution < -0.4 is 0 Å². The first-order chi connectivity index (χ1) is 18.8. The monoisotopic (exact) mass is 546 g/mol. The summed E-state index contributed by atoms with van der Waals surface area (Å²) in [7, 11) is 0. The number of fused-ring (bicyclic) bond motifs is 10. The Balaban J connectivity index is 1.13. The Bertz CT molecular complexity index is 1050. The fourth-order valence-corrected chi connectivity index (χ4v) is 11.8. The first-order valence-corrected chi connectivity index (χ1v) is 17.3. The van der Waals surface area contributed by atoms with E-state index in [0.29, 0.717) is 23.0 Å². The Kier molecular flexibility index (Phi) is 6.51. The molecule has 0 heterocycles. The van der Waals surface area contributed by atoms with Crippen LogP contribution in [0.3, 0.4) is 0 Å². The molecule has 0 amide bonds. The number of benzene rings is 1. The molecule has 10 atom stereocenters. The summed E-state index contributed by atoms with van der Waals surface area (Å²) in [6.45, 7) is 18.7. The molecule has 1 aromatic carbocycles. The number of aryl methyl sites for hydroxylation is 2. The normalized spacial score (nSPS) is 44.2. The van der Waals surface area contributed by atoms with Crippen LogP contribution in [0.4, 0.5) is 0 Å². The Hall–Kier alpha value is -0.860. The number of rotatable bonds is 2. The van der Waals surface area contributed by atoms with Crippen LogP contribution >= 0.6 is 0 Å². The minimum atomic E-state index is -0.0366. The highest BCUT2D eigenvalue weighted by molar-refractivity contribution is 5.46. The van der Waals surface area contributed by atoms with Gasteiger partial charge in [0.2, 0.25) is 0 Å². The van der Waals surface area contributed by atoms with E-state index < -0.39 is 0 Å². The molecule has 0 radical (unpaired) electrons. The smallest absolute Gasteiger partial charge is 0.0638 e. The molecule has 6 aliphatic carbocycles. The van der Waals surface area contributed by atoms with E-state index in [2.05, 4.69) is 67.5 Å². The van der Waals surface area contributed by atoms with Gasteiger partial charge in [-0.1, -0.05) is 26.0 Å². The fraction of sp³-hybridized carbons (Fsp3) is 0.842. The second-order valence-electron chi connectivity index (χ2n) is 17.8. The van der Waals surface area contributed by atoms with E-state index in [-0.39, 0.29) is 11.2 Å². The minimum Gasteiger partial charge on any atom is -0.372 e. The van der Waals surface area contributed by atoms with E-state index in [9.17, 15) is 0 Å². The number of hydrogen-bond donors (Lipinski definition) is 0. The van der Waals surface area contributed by atoms with Crippen LogP contribution in [0.25, 0.3) is 0 Å². The summed E-state index contributed by atoms with van der Waals surface area (Å²) in [4.78, 5) is 0. The fourth-order valence-electron chi connectivity index (χ4n) is 11.8. The third-order valence-electron chi connectivity index (χ3n) is 13.4. The van der Waals surface area contributed by atoms with E-state index in [1.165, 1.54) is 77.0 Å². The standard InChI is InChI=1S/C38H58O2/c1-35(2,3)39-33-15-13-31-27-11-9-23-22-30-24(21-29(23)25(27)17-19-37(31,33)7)10-12-28-26(30)18-20-38(8)32(28)14-16-34(38)40-36(4,5)6/h21-22,25-28,31-34H,9-20H2,1-8H3/t25-,26-,27-,28-,31+,32+,33+,34+,37+,38+/m1/s1. The van der Waals surface area contributed by atoms with Crippen LogP contribution in [-0.4, -0.2) is 23.4 Å². The number of hydrogen-bond acceptors (Lipinski definition) is 2. The lowest BCUT2D eigenvalue weighted by Gasteiger charge is -2.53. The molecule has 222 valence electrons. The van der Waals surface area contributed by atoms with Crippen molar-refractivity contribution in [1.29, 1.82) is 0 Å². The average molecular weight is 547 g/mol. The maximum Gasteiger partial charge on any atom is 0.0638 e. The molecule has 1 aromatic rings. The van der Waals surface area contributed by atoms with Gasteiger partial charge in [-0.25, -0.2) is 0 Å². The lowest BCUT2D eigenvalue weighted by molar-refractivity contribution is -0.126. The van der Waals surface area contributed by atoms with Crippen LogP contribution in [0.5, 0.6) is 0 Å². The summed E-state index contributed by atoms with van der Waals surface area (Å²) in [6.07, 6.45) is 17.0. The molecule has 4 saturated carbocycles. The minimum absolute atomic E-state index is 0.0366. The van der Waals surface area contributed by atoms with E-state index in [1.807, 2.05) is 0 Å². The van der Waals surface area contributed by atoms with Gasteiger partial charge in [0, 0.05) is 0 Å². The third-order valence-corrected chi connectivity index (χ3v) is 13.4. The van der Waals surface area contributed by atoms with Gasteiger partial charge in [0.25, 0.3) is 0 Å². The molecule has 40 heavy (non-hydrogen) atoms. The maximum atomic E-state index is 6.70. The van der Waals surface area contributed by atoms with Crippen molar-refractivity contribution in [3.05, 3.63) is 34.4 Å². The molecule has 0 unspecified atom stereocenters. The van der Waals surface area contributed by atoms with E-state index in [0.717, 1.165) is 35.5 Å². The van der Waals surface area contributed by atoms with Gasteiger partial charge in [-0.15, -0.1) is 0 Å². The summed E-state index contributed by atoms with van der Waals surface area (Å²) in [6, 6.07) is 5.54. The highest BCUT2D eigenvalue weighted by Gasteiger charge is 2.58. The molecule has 0 bridgehead atoms. The molecule has 2 nitrogen and oxygen atoms in total. The van der Waals surface area contributed by atoms with Crippen LogP contribution in [0.1, 0.15) is 154 Å². The average Bonchev–Trinajstić information content (AvgIpc) is 3.37. The molecule has 0 aromatic heterocycles. The van der Waals surface area contributed by atoms with E-state index >= 15 is 0 Å². The zero-order chi connectivity index (χ0) is 28.2. The summed E-state index contributed by atoms with van der Waals surface area (Å²) in [5.41, 5.74) is 7.69. The second kappa shape index (κ2) is 9.32. The van der Waals surface area contributed by atoms with Gasteiger partial charge >= 0.3 is 0 Å². The molecule has 7 rings (SSSR count). The van der Waals surface area contributed by atoms with Crippen molar-refractivity contribution in [2.24, 2.45) is 34.5 Å². The second-order valence-corrected chi connectivity index (χ2v) is 17.8. The van der Waals surface area contributed by atoms with Crippen LogP contribution in [-0.2, 0) is 22.3 Å². The van der Waals surface area contributed by atoms with Crippen molar-refractivity contribution in [1.82, 2.24) is 0 Å². The van der Waals surface area contributed by atoms with Crippen molar-refractivity contribution in [3.63, 3.8) is 0 Å². The highest BCUT2D eigenvalue weighted by Crippen LogP contribution is 2.64. The van der Waals surface area contributed by atoms with Gasteiger partial charge in [0.15, 0.2) is 0 Å². The molecule has 0 aliphatic heterocycles. The Morgan fingerprint density at radius 2 is 0.975 bits per heavy atom. The van der Waals surface area contributed by atoms with Gasteiger partial charge in [0.1, 0.15) is 0 Å². The van der Waals surface area contributed by atoms with Crippen molar-refractivity contribution in [3.8, 4) is 0 Å². The highest BCUT2D eigenvalue weighted by atomic mass is 16.5. The Morgan fingerprint density at radius 3 is 1.35 bits per heavy atom. The van der Waals surface area contributed by atoms with Gasteiger partial charge < -0.3 is 9.47 Å². The zero-order valence-corrected chi connectivity index (χ0v) is 27.1. The third kappa shape index (κ3) is 4.39. The van der Waals surface area contributed by atoms with Gasteiger partial charge in [-0.2, -0.15) is 0 Å². The summed E-state index contributed by atoms with van der Waals surface area (Å²) in [5.74, 6) is 4.99. The van der Waals surface area contributed by atoms with Crippen molar-refractivity contribution < 1.29 is 9.47 Å². The topological polar surface area (TPSA) is 18.5 Å². The quantitative estimate of drug-likeness (QED) is 0.367. The predicted octanol–water partition coefficient (Wildman–Crippen LogP) is 9.77. The molecule has 4 fully saturated rings. The molecule has 0 saturated heterocycles. The molecule has 0 spiro atoms. The lowest BCUT2D eigenvalue weighted by Crippen LogP contribution is -2.47. The Morgan fingerprint density at radius 1 is 0.575 bits per heavy atom. The van der Waals surface area contributed by atoms with Gasteiger partial charge in [-0.3, -0.25) is 0 Å². The molecular formula is C38H58O2. The summed E-state index contributed by atoms with van der Waals surface area (Å²) in [5, 5.41) is 0. The molecule has 2 heteroatoms. The maximum absolute atomic E-state index is 6.70. The SMILES string of the molecule is CC(C)(C)O[C@H]1CC[C@H]2[C@@H]3CCc4cc5c(cc4[C@@H]3CC[C@]12C)CC[C@@H]1[C@H]5CC[C@]2(C)[C@@H](OC(C)(C)C)CC[C@@H]12. The van der Waals surface area contributed by atoms with E-state index in [1.54, 1.807) is 22.3 Å². The predicted molar refractivity (Wildman–Crippen MR) is 165 cm³/mol. The van der Waals surface area contributed by atoms with E-state index in [4.69, 9.17) is 9.47 Å². The van der Waals surface area contributed by atoms with Crippen LogP contribution in [0, 0.1) is 34.5 Å². The lowest BCUT2D eigenvalue weighted by atomic mass is 9.53. The van der Waals surface area contributed by atoms with Crippen molar-refractivity contribution >= 4 is 0 Å². The summed E-state index contributed by atoms with van der Waals surface area (Å²) >= 11 is 0. The largest absolute Gasteiger partial charge is 0.372 e. The van der Waals surface area contributed by atoms with Crippen molar-refractivity contribution in [2.45, 2.75) is 168 Å². The first-order valence-electron chi connectivity index (χ1n) is 17.3. The zero-order valence-electron chi connectivity index (χ0n) is 27.1. The molecule has 0 N–H and O–H groups in total. The van der Waals surface area contributed by atoms with Gasteiger partial charge in [0.05, 0.1) is 23.4 Å². The first kappa shape index (κ1) is 27.9. The molecule has 6 aliphatic rings. The van der Waals surface area contributed by atoms with Crippen LogP contribution in [0.15, 0.2) is 12.1 Å². The van der Waals surface area contributed by atoms with Crippen molar-refractivity contribution in [2.75, 3.05) is 0 Å².